The van der Waals surface area contributed by atoms with Gasteiger partial charge >= 0.3 is 0 Å². The first-order valence-electron chi connectivity index (χ1n) is 7.45. The Kier molecular flexibility index (Phi) is 4.36. The van der Waals surface area contributed by atoms with E-state index < -0.39 is 11.6 Å². The van der Waals surface area contributed by atoms with E-state index in [1.54, 1.807) is 0 Å². The molecule has 1 nitrogen and oxygen atoms in total. The highest BCUT2D eigenvalue weighted by Crippen LogP contribution is 2.35. The molecule has 0 spiro atoms. The van der Waals surface area contributed by atoms with Crippen LogP contribution in [0.25, 0.3) is 0 Å². The minimum absolute atomic E-state index is 0.131. The molecule has 0 amide bonds. The molecule has 1 aromatic carbocycles. The molecule has 0 saturated carbocycles. The molecule has 1 unspecified atom stereocenters. The predicted octanol–water partition coefficient (Wildman–Crippen LogP) is 4.41. The Morgan fingerprint density at radius 3 is 2.57 bits per heavy atom. The molecule has 1 N–H and O–H groups in total. The second-order valence-corrected chi connectivity index (χ2v) is 6.71. The van der Waals surface area contributed by atoms with Gasteiger partial charge in [0.1, 0.15) is 11.6 Å². The van der Waals surface area contributed by atoms with Crippen LogP contribution in [-0.2, 0) is 19.3 Å². The number of benzene rings is 1. The number of hydrogen-bond acceptors (Lipinski definition) is 2. The molecule has 0 fully saturated rings. The Balaban J connectivity index is 1.83. The van der Waals surface area contributed by atoms with Gasteiger partial charge in [-0.2, -0.15) is 0 Å². The molecule has 1 heterocycles. The molecule has 112 valence electrons. The highest BCUT2D eigenvalue weighted by atomic mass is 32.1. The Morgan fingerprint density at radius 1 is 1.14 bits per heavy atom. The first kappa shape index (κ1) is 14.7. The van der Waals surface area contributed by atoms with E-state index in [0.29, 0.717) is 12.0 Å². The van der Waals surface area contributed by atoms with Gasteiger partial charge in [0.2, 0.25) is 0 Å². The van der Waals surface area contributed by atoms with Gasteiger partial charge in [0.15, 0.2) is 0 Å². The van der Waals surface area contributed by atoms with Crippen molar-refractivity contribution in [2.24, 2.45) is 0 Å². The van der Waals surface area contributed by atoms with E-state index >= 15 is 0 Å². The van der Waals surface area contributed by atoms with Crippen LogP contribution in [0.3, 0.4) is 0 Å². The molecule has 0 bridgehead atoms. The summed E-state index contributed by atoms with van der Waals surface area (Å²) in [4.78, 5) is 2.77. The van der Waals surface area contributed by atoms with Crippen LogP contribution in [0.5, 0.6) is 0 Å². The maximum absolute atomic E-state index is 13.3. The van der Waals surface area contributed by atoms with E-state index in [-0.39, 0.29) is 6.04 Å². The van der Waals surface area contributed by atoms with Crippen LogP contribution in [0, 0.1) is 11.6 Å². The van der Waals surface area contributed by atoms with Gasteiger partial charge in [0.05, 0.1) is 0 Å². The first-order chi connectivity index (χ1) is 10.2. The monoisotopic (exact) mass is 307 g/mol. The summed E-state index contributed by atoms with van der Waals surface area (Å²) < 4.78 is 26.7. The van der Waals surface area contributed by atoms with E-state index in [4.69, 9.17) is 0 Å². The van der Waals surface area contributed by atoms with Crippen LogP contribution in [0.2, 0.25) is 0 Å². The van der Waals surface area contributed by atoms with E-state index in [0.717, 1.165) is 12.6 Å². The van der Waals surface area contributed by atoms with Crippen molar-refractivity contribution in [3.8, 4) is 0 Å². The van der Waals surface area contributed by atoms with Gasteiger partial charge in [-0.05, 0) is 61.6 Å². The van der Waals surface area contributed by atoms with Crippen molar-refractivity contribution in [2.75, 3.05) is 6.54 Å². The Morgan fingerprint density at radius 2 is 1.90 bits per heavy atom. The van der Waals surface area contributed by atoms with E-state index in [1.807, 2.05) is 11.3 Å². The SMILES string of the molecule is CCNC(Cc1cc(F)cc(F)c1)c1cc2c(s1)CCC2. The number of halogens is 2. The van der Waals surface area contributed by atoms with E-state index in [2.05, 4.69) is 18.3 Å². The zero-order chi connectivity index (χ0) is 14.8. The van der Waals surface area contributed by atoms with Crippen LogP contribution < -0.4 is 5.32 Å². The van der Waals surface area contributed by atoms with Gasteiger partial charge in [-0.15, -0.1) is 11.3 Å². The lowest BCUT2D eigenvalue weighted by molar-refractivity contribution is 0.545. The molecule has 2 aromatic rings. The molecule has 1 atom stereocenters. The van der Waals surface area contributed by atoms with Gasteiger partial charge in [-0.3, -0.25) is 0 Å². The first-order valence-corrected chi connectivity index (χ1v) is 8.27. The molecule has 1 aliphatic rings. The second-order valence-electron chi connectivity index (χ2n) is 5.54. The minimum atomic E-state index is -0.506. The van der Waals surface area contributed by atoms with Gasteiger partial charge in [0, 0.05) is 21.9 Å². The Labute approximate surface area is 128 Å². The lowest BCUT2D eigenvalue weighted by atomic mass is 10.0. The van der Waals surface area contributed by atoms with E-state index in [1.165, 1.54) is 46.7 Å². The molecule has 0 radical (unpaired) electrons. The topological polar surface area (TPSA) is 12.0 Å². The van der Waals surface area contributed by atoms with Gasteiger partial charge in [0.25, 0.3) is 0 Å². The summed E-state index contributed by atoms with van der Waals surface area (Å²) in [5, 5.41) is 3.44. The quantitative estimate of drug-likeness (QED) is 0.863. The van der Waals surface area contributed by atoms with Crippen molar-refractivity contribution in [2.45, 2.75) is 38.6 Å². The van der Waals surface area contributed by atoms with Crippen molar-refractivity contribution >= 4 is 11.3 Å². The summed E-state index contributed by atoms with van der Waals surface area (Å²) in [5.41, 5.74) is 2.16. The lowest BCUT2D eigenvalue weighted by Gasteiger charge is -2.17. The molecular formula is C17H19F2NS. The Bertz CT molecular complexity index is 594. The number of nitrogens with one attached hydrogen (secondary N) is 1. The maximum atomic E-state index is 13.3. The van der Waals surface area contributed by atoms with Crippen LogP contribution >= 0.6 is 11.3 Å². The number of likely N-dealkylation sites (N-methyl/N-ethyl adjacent to an activating group) is 1. The maximum Gasteiger partial charge on any atom is 0.126 e. The van der Waals surface area contributed by atoms with Crippen molar-refractivity contribution in [1.82, 2.24) is 5.32 Å². The van der Waals surface area contributed by atoms with Crippen LogP contribution in [0.4, 0.5) is 8.78 Å². The van der Waals surface area contributed by atoms with Crippen molar-refractivity contribution in [1.29, 1.82) is 0 Å². The fraction of sp³-hybridized carbons (Fsp3) is 0.412. The van der Waals surface area contributed by atoms with E-state index in [9.17, 15) is 8.78 Å². The fourth-order valence-electron chi connectivity index (χ4n) is 3.01. The zero-order valence-electron chi connectivity index (χ0n) is 12.1. The molecule has 1 aliphatic carbocycles. The molecule has 1 aromatic heterocycles. The number of rotatable bonds is 5. The molecule has 4 heteroatoms. The molecule has 21 heavy (non-hydrogen) atoms. The Hall–Kier alpha value is -1.26. The number of aryl methyl sites for hydroxylation is 2. The third kappa shape index (κ3) is 3.33. The summed E-state index contributed by atoms with van der Waals surface area (Å²) in [6.07, 6.45) is 4.21. The van der Waals surface area contributed by atoms with Gasteiger partial charge in [-0.1, -0.05) is 6.92 Å². The van der Waals surface area contributed by atoms with Crippen molar-refractivity contribution < 1.29 is 8.78 Å². The van der Waals surface area contributed by atoms with Crippen LogP contribution in [-0.4, -0.2) is 6.54 Å². The molecule has 0 aliphatic heterocycles. The van der Waals surface area contributed by atoms with Crippen molar-refractivity contribution in [3.63, 3.8) is 0 Å². The average molecular weight is 307 g/mol. The summed E-state index contributed by atoms with van der Waals surface area (Å²) in [6, 6.07) is 6.18. The predicted molar refractivity (Wildman–Crippen MR) is 82.8 cm³/mol. The molecular weight excluding hydrogens is 288 g/mol. The normalized spacial score (nSPS) is 15.2. The summed E-state index contributed by atoms with van der Waals surface area (Å²) in [6.45, 7) is 2.89. The summed E-state index contributed by atoms with van der Waals surface area (Å²) >= 11 is 1.85. The standard InChI is InChI=1S/C17H19F2NS/c1-2-20-15(8-11-6-13(18)10-14(19)7-11)17-9-12-4-3-5-16(12)21-17/h6-7,9-10,15,20H,2-5,8H2,1H3. The lowest BCUT2D eigenvalue weighted by Crippen LogP contribution is -2.22. The van der Waals surface area contributed by atoms with Crippen LogP contribution in [0.15, 0.2) is 24.3 Å². The average Bonchev–Trinajstić information content (AvgIpc) is 2.97. The molecule has 0 saturated heterocycles. The van der Waals surface area contributed by atoms with Gasteiger partial charge in [-0.25, -0.2) is 8.78 Å². The number of thiophene rings is 1. The zero-order valence-corrected chi connectivity index (χ0v) is 12.9. The largest absolute Gasteiger partial charge is 0.309 e. The number of hydrogen-bond donors (Lipinski definition) is 1. The third-order valence-corrected chi connectivity index (χ3v) is 5.27. The summed E-state index contributed by atoms with van der Waals surface area (Å²) in [7, 11) is 0. The number of fused-ring (bicyclic) bond motifs is 1. The van der Waals surface area contributed by atoms with Gasteiger partial charge < -0.3 is 5.32 Å². The highest BCUT2D eigenvalue weighted by molar-refractivity contribution is 7.12. The fourth-order valence-corrected chi connectivity index (χ4v) is 4.34. The van der Waals surface area contributed by atoms with Crippen molar-refractivity contribution in [3.05, 3.63) is 56.8 Å². The second kappa shape index (κ2) is 6.24. The third-order valence-electron chi connectivity index (χ3n) is 3.92. The smallest absolute Gasteiger partial charge is 0.126 e. The highest BCUT2D eigenvalue weighted by Gasteiger charge is 2.20. The molecule has 3 rings (SSSR count). The van der Waals surface area contributed by atoms with Crippen LogP contribution in [0.1, 0.15) is 40.3 Å². The minimum Gasteiger partial charge on any atom is -0.309 e. The summed E-state index contributed by atoms with van der Waals surface area (Å²) in [5.74, 6) is -1.01.